The van der Waals surface area contributed by atoms with Crippen LogP contribution in [-0.4, -0.2) is 51.0 Å². The Labute approximate surface area is 162 Å². The summed E-state index contributed by atoms with van der Waals surface area (Å²) in [6, 6.07) is 8.02. The second-order valence-corrected chi connectivity index (χ2v) is 7.49. The zero-order valence-corrected chi connectivity index (χ0v) is 15.4. The van der Waals surface area contributed by atoms with Crippen molar-refractivity contribution in [2.45, 2.75) is 25.1 Å². The molecular formula is C21H21FN4O2. The van der Waals surface area contributed by atoms with Crippen LogP contribution in [0.3, 0.4) is 0 Å². The maximum Gasteiger partial charge on any atom is 0.226 e. The molecule has 3 aromatic heterocycles. The number of carbonyl (C=O) groups is 1. The van der Waals surface area contributed by atoms with Gasteiger partial charge < -0.3 is 14.0 Å². The highest BCUT2D eigenvalue weighted by atomic mass is 19.1. The molecule has 1 aliphatic heterocycles. The van der Waals surface area contributed by atoms with Crippen molar-refractivity contribution in [3.8, 4) is 11.1 Å². The van der Waals surface area contributed by atoms with E-state index in [0.717, 1.165) is 22.3 Å². The molecule has 28 heavy (non-hydrogen) atoms. The second kappa shape index (κ2) is 6.98. The molecule has 0 bridgehead atoms. The van der Waals surface area contributed by atoms with Crippen molar-refractivity contribution in [1.29, 1.82) is 0 Å². The molecule has 7 heteroatoms. The van der Waals surface area contributed by atoms with Crippen LogP contribution < -0.4 is 0 Å². The maximum absolute atomic E-state index is 13.1. The normalized spacial score (nSPS) is 24.9. The van der Waals surface area contributed by atoms with Gasteiger partial charge in [-0.05, 0) is 42.2 Å². The summed E-state index contributed by atoms with van der Waals surface area (Å²) in [5.41, 5.74) is 3.95. The molecule has 2 aliphatic rings. The number of ether oxygens (including phenoxy) is 1. The van der Waals surface area contributed by atoms with Crippen molar-refractivity contribution in [3.63, 3.8) is 0 Å². The fraction of sp³-hybridized carbons (Fsp3) is 0.381. The van der Waals surface area contributed by atoms with E-state index in [4.69, 9.17) is 4.74 Å². The quantitative estimate of drug-likeness (QED) is 0.701. The minimum Gasteiger partial charge on any atom is -0.368 e. The lowest BCUT2D eigenvalue weighted by atomic mass is 9.82. The minimum absolute atomic E-state index is 0.0469. The molecule has 4 heterocycles. The molecular weight excluding hydrogens is 359 g/mol. The number of hydrogen-bond acceptors (Lipinski definition) is 4. The number of imidazole rings is 1. The molecule has 0 N–H and O–H groups in total. The van der Waals surface area contributed by atoms with Crippen LogP contribution in [0.15, 0.2) is 49.2 Å². The fourth-order valence-corrected chi connectivity index (χ4v) is 4.01. The Bertz CT molecular complexity index is 1000. The highest BCUT2D eigenvalue weighted by molar-refractivity contribution is 5.80. The van der Waals surface area contributed by atoms with Crippen LogP contribution in [0, 0.1) is 5.92 Å². The number of aromatic nitrogens is 3. The molecule has 0 spiro atoms. The first kappa shape index (κ1) is 17.3. The molecule has 1 amide bonds. The first-order chi connectivity index (χ1) is 13.7. The summed E-state index contributed by atoms with van der Waals surface area (Å²) in [4.78, 5) is 23.0. The zero-order valence-electron chi connectivity index (χ0n) is 15.4. The van der Waals surface area contributed by atoms with E-state index in [1.807, 2.05) is 28.8 Å². The summed E-state index contributed by atoms with van der Waals surface area (Å²) < 4.78 is 21.0. The molecule has 3 aromatic rings. The molecule has 1 atom stereocenters. The van der Waals surface area contributed by atoms with Crippen molar-refractivity contribution >= 4 is 11.4 Å². The number of halogens is 1. The largest absolute Gasteiger partial charge is 0.368 e. The number of carbonyl (C=O) groups excluding carboxylic acids is 1. The summed E-state index contributed by atoms with van der Waals surface area (Å²) in [7, 11) is 0. The van der Waals surface area contributed by atoms with Gasteiger partial charge in [-0.2, -0.15) is 0 Å². The van der Waals surface area contributed by atoms with Gasteiger partial charge in [-0.1, -0.05) is 6.07 Å². The standard InChI is InChI=1S/C21H21FN4O2/c22-17-9-16(10-17)21(27)25-7-8-28-19(12-25)20-18-2-1-15(11-26(18)13-24-20)14-3-5-23-6-4-14/h1-6,11,13,16-17,19H,7-10,12H2/t16?,17?,19-/m1/s1. The average Bonchev–Trinajstić information content (AvgIpc) is 3.15. The molecule has 1 saturated carbocycles. The van der Waals surface area contributed by atoms with Crippen LogP contribution in [0.4, 0.5) is 4.39 Å². The summed E-state index contributed by atoms with van der Waals surface area (Å²) in [6.07, 6.45) is 6.97. The third kappa shape index (κ3) is 3.05. The third-order valence-electron chi connectivity index (χ3n) is 5.69. The van der Waals surface area contributed by atoms with Gasteiger partial charge in [0.15, 0.2) is 0 Å². The highest BCUT2D eigenvalue weighted by Gasteiger charge is 2.39. The van der Waals surface area contributed by atoms with Crippen LogP contribution in [0.25, 0.3) is 16.6 Å². The van der Waals surface area contributed by atoms with Crippen LogP contribution in [-0.2, 0) is 9.53 Å². The van der Waals surface area contributed by atoms with Crippen LogP contribution in [0.5, 0.6) is 0 Å². The Balaban J connectivity index is 1.37. The minimum atomic E-state index is -0.822. The maximum atomic E-state index is 13.1. The summed E-state index contributed by atoms with van der Waals surface area (Å²) in [6.45, 7) is 1.49. The van der Waals surface area contributed by atoms with E-state index in [1.54, 1.807) is 23.6 Å². The van der Waals surface area contributed by atoms with Crippen molar-refractivity contribution in [1.82, 2.24) is 19.3 Å². The van der Waals surface area contributed by atoms with E-state index in [-0.39, 0.29) is 17.9 Å². The number of alkyl halides is 1. The Hall–Kier alpha value is -2.80. The van der Waals surface area contributed by atoms with Crippen molar-refractivity contribution in [2.24, 2.45) is 5.92 Å². The Morgan fingerprint density at radius 2 is 1.96 bits per heavy atom. The predicted octanol–water partition coefficient (Wildman–Crippen LogP) is 3.04. The topological polar surface area (TPSA) is 59.7 Å². The van der Waals surface area contributed by atoms with Crippen molar-refractivity contribution < 1.29 is 13.9 Å². The van der Waals surface area contributed by atoms with Gasteiger partial charge in [-0.25, -0.2) is 9.37 Å². The van der Waals surface area contributed by atoms with Crippen molar-refractivity contribution in [3.05, 3.63) is 54.9 Å². The zero-order chi connectivity index (χ0) is 19.1. The third-order valence-corrected chi connectivity index (χ3v) is 5.69. The molecule has 5 rings (SSSR count). The predicted molar refractivity (Wildman–Crippen MR) is 101 cm³/mol. The van der Waals surface area contributed by atoms with E-state index in [9.17, 15) is 9.18 Å². The lowest BCUT2D eigenvalue weighted by molar-refractivity contribution is -0.148. The van der Waals surface area contributed by atoms with Crippen LogP contribution in [0.1, 0.15) is 24.6 Å². The van der Waals surface area contributed by atoms with Gasteiger partial charge in [0.05, 0.1) is 30.7 Å². The SMILES string of the molecule is O=C(C1CC(F)C1)N1CCO[C@@H](c2ncn3cc(-c4ccncc4)ccc23)C1. The molecule has 1 saturated heterocycles. The lowest BCUT2D eigenvalue weighted by Crippen LogP contribution is -2.48. The molecule has 0 aromatic carbocycles. The van der Waals surface area contributed by atoms with Gasteiger partial charge in [0, 0.05) is 31.1 Å². The van der Waals surface area contributed by atoms with Crippen molar-refractivity contribution in [2.75, 3.05) is 19.7 Å². The van der Waals surface area contributed by atoms with Gasteiger partial charge in [-0.15, -0.1) is 0 Å². The molecule has 144 valence electrons. The monoisotopic (exact) mass is 380 g/mol. The molecule has 0 radical (unpaired) electrons. The first-order valence-corrected chi connectivity index (χ1v) is 9.60. The van der Waals surface area contributed by atoms with Gasteiger partial charge >= 0.3 is 0 Å². The number of fused-ring (bicyclic) bond motifs is 1. The summed E-state index contributed by atoms with van der Waals surface area (Å²) >= 11 is 0. The van der Waals surface area contributed by atoms with E-state index >= 15 is 0 Å². The lowest BCUT2D eigenvalue weighted by Gasteiger charge is -2.38. The number of amides is 1. The number of rotatable bonds is 3. The molecule has 6 nitrogen and oxygen atoms in total. The van der Waals surface area contributed by atoms with Crippen LogP contribution in [0.2, 0.25) is 0 Å². The van der Waals surface area contributed by atoms with E-state index < -0.39 is 6.17 Å². The second-order valence-electron chi connectivity index (χ2n) is 7.49. The summed E-state index contributed by atoms with van der Waals surface area (Å²) in [5, 5.41) is 0. The van der Waals surface area contributed by atoms with Gasteiger partial charge in [-0.3, -0.25) is 9.78 Å². The molecule has 0 unspecified atom stereocenters. The van der Waals surface area contributed by atoms with Crippen LogP contribution >= 0.6 is 0 Å². The Morgan fingerprint density at radius 3 is 2.75 bits per heavy atom. The van der Waals surface area contributed by atoms with Gasteiger partial charge in [0.1, 0.15) is 12.3 Å². The van der Waals surface area contributed by atoms with E-state index in [1.165, 1.54) is 0 Å². The molecule has 2 fully saturated rings. The number of morpholine rings is 1. The first-order valence-electron chi connectivity index (χ1n) is 9.60. The summed E-state index contributed by atoms with van der Waals surface area (Å²) in [5.74, 6) is -0.124. The smallest absolute Gasteiger partial charge is 0.226 e. The fourth-order valence-electron chi connectivity index (χ4n) is 4.01. The number of pyridine rings is 2. The highest BCUT2D eigenvalue weighted by Crippen LogP contribution is 2.33. The number of nitrogens with zero attached hydrogens (tertiary/aromatic N) is 4. The molecule has 1 aliphatic carbocycles. The Kier molecular flexibility index (Phi) is 4.31. The van der Waals surface area contributed by atoms with E-state index in [2.05, 4.69) is 16.0 Å². The number of hydrogen-bond donors (Lipinski definition) is 0. The van der Waals surface area contributed by atoms with E-state index in [0.29, 0.717) is 32.5 Å². The van der Waals surface area contributed by atoms with Gasteiger partial charge in [0.2, 0.25) is 5.91 Å². The van der Waals surface area contributed by atoms with Gasteiger partial charge in [0.25, 0.3) is 0 Å². The Morgan fingerprint density at radius 1 is 1.14 bits per heavy atom. The average molecular weight is 380 g/mol.